The molecule has 0 spiro atoms. The van der Waals surface area contributed by atoms with E-state index in [1.165, 1.54) is 18.9 Å². The number of Topliss-reactive ketones (excluding diaryl/α,β-unsaturated/α-hetero) is 2. The molecule has 3 aliphatic heterocycles. The molecule has 3 aliphatic rings. The molecule has 1 amide bonds. The van der Waals surface area contributed by atoms with Gasteiger partial charge in [0.15, 0.2) is 17.7 Å². The molecule has 0 bridgehead atoms. The van der Waals surface area contributed by atoms with Crippen molar-refractivity contribution in [1.29, 1.82) is 0 Å². The lowest BCUT2D eigenvalue weighted by molar-refractivity contribution is -0.288. The fourth-order valence-electron chi connectivity index (χ4n) is 8.70. The lowest BCUT2D eigenvalue weighted by Crippen LogP contribution is -2.60. The molecule has 3 fully saturated rings. The van der Waals surface area contributed by atoms with Crippen LogP contribution in [0.2, 0.25) is 0 Å². The molecule has 0 aliphatic carbocycles. The molecular weight excluding hydrogens is 722 g/mol. The van der Waals surface area contributed by atoms with Crippen LogP contribution in [0.25, 0.3) is 11.4 Å². The third-order valence-corrected chi connectivity index (χ3v) is 11.9. The number of aliphatic hydroxyl groups is 1. The van der Waals surface area contributed by atoms with Crippen LogP contribution < -0.4 is 5.73 Å². The van der Waals surface area contributed by atoms with E-state index in [9.17, 15) is 24.3 Å². The first-order chi connectivity index (χ1) is 26.4. The summed E-state index contributed by atoms with van der Waals surface area (Å²) in [7, 11) is 1.46. The Hall–Kier alpha value is -4.02. The van der Waals surface area contributed by atoms with Crippen molar-refractivity contribution in [3.05, 3.63) is 49.1 Å². The van der Waals surface area contributed by atoms with Crippen molar-refractivity contribution in [2.45, 2.75) is 135 Å². The molecule has 3 N–H and O–H groups in total. The standard InChI is InChI=1S/C41H59N5O10/c1-10-31-41(8)35(46(39(51)56-41)18-14-13-17-45-21-30(44-22-45)29-15-11-12-16-43-29)25(4)32(47)23(2)20-40(7,52-9)36(26(5)33(48)27(6)37(50)54-31)55-38-34(49)28(42)19-24(3)53-38/h11-16,21-28,31,34-36,38,49H,10,17-20,42H2,1-9H3/b14-13+/t23-,24-,25+,26+,27-,28?,31-,34?,35-,36-,38+,40-,41-/m1/s1. The minimum atomic E-state index is -1.44. The average Bonchev–Trinajstić information content (AvgIpc) is 3.75. The number of aromatic nitrogens is 3. The minimum absolute atomic E-state index is 0.0962. The number of methoxy groups -OCH3 is 1. The van der Waals surface area contributed by atoms with Gasteiger partial charge in [0.1, 0.15) is 29.6 Å². The SMILES string of the molecule is CC[C@H]1OC(=O)[C@H](C)C(=O)[C@H](C)[C@@H](O[C@@H]2O[C@H](C)CC(N)C2O)[C@](C)(OC)C[C@@H](C)C(=O)[C@H](C)[C@H]2N(C/C=C/Cn3cnc(-c4ccccn4)c3)C(=O)O[C@]12C. The number of nitrogens with two attached hydrogens (primary N) is 1. The zero-order valence-electron chi connectivity index (χ0n) is 34.0. The number of allylic oxidation sites excluding steroid dienone is 1. The van der Waals surface area contributed by atoms with Crippen LogP contribution in [0.1, 0.15) is 74.7 Å². The Bertz CT molecular complexity index is 1740. The fourth-order valence-corrected chi connectivity index (χ4v) is 8.70. The molecule has 5 rings (SSSR count). The van der Waals surface area contributed by atoms with Crippen LogP contribution in [0.4, 0.5) is 4.79 Å². The van der Waals surface area contributed by atoms with Crippen LogP contribution in [0.3, 0.4) is 0 Å². The number of carbonyl (C=O) groups excluding carboxylic acids is 4. The minimum Gasteiger partial charge on any atom is -0.458 e. The fraction of sp³-hybridized carbons (Fsp3) is 0.659. The summed E-state index contributed by atoms with van der Waals surface area (Å²) in [6.07, 6.45) is 4.29. The number of amides is 1. The van der Waals surface area contributed by atoms with Crippen molar-refractivity contribution in [2.75, 3.05) is 13.7 Å². The maximum atomic E-state index is 14.6. The Morgan fingerprint density at radius 2 is 1.71 bits per heavy atom. The molecule has 2 unspecified atom stereocenters. The van der Waals surface area contributed by atoms with Crippen molar-refractivity contribution in [2.24, 2.45) is 29.4 Å². The number of carbonyl (C=O) groups is 4. The van der Waals surface area contributed by atoms with Crippen LogP contribution in [0.15, 0.2) is 49.1 Å². The molecule has 308 valence electrons. The summed E-state index contributed by atoms with van der Waals surface area (Å²) in [5, 5.41) is 11.0. The number of hydrogen-bond donors (Lipinski definition) is 2. The smallest absolute Gasteiger partial charge is 0.411 e. The van der Waals surface area contributed by atoms with E-state index in [0.717, 1.165) is 11.4 Å². The first-order valence-corrected chi connectivity index (χ1v) is 19.6. The van der Waals surface area contributed by atoms with Gasteiger partial charge in [-0.2, -0.15) is 0 Å². The number of cyclic esters (lactones) is 1. The normalized spacial score (nSPS) is 37.6. The molecule has 0 saturated carbocycles. The molecule has 0 aromatic carbocycles. The zero-order chi connectivity index (χ0) is 41.1. The maximum Gasteiger partial charge on any atom is 0.411 e. The Labute approximate surface area is 329 Å². The molecule has 56 heavy (non-hydrogen) atoms. The molecule has 15 heteroatoms. The highest BCUT2D eigenvalue weighted by Crippen LogP contribution is 2.43. The number of fused-ring (bicyclic) bond motifs is 1. The number of esters is 1. The highest BCUT2D eigenvalue weighted by molar-refractivity contribution is 6.00. The van der Waals surface area contributed by atoms with Gasteiger partial charge >= 0.3 is 12.1 Å². The Kier molecular flexibility index (Phi) is 13.6. The molecule has 3 saturated heterocycles. The van der Waals surface area contributed by atoms with Gasteiger partial charge < -0.3 is 39.1 Å². The van der Waals surface area contributed by atoms with Crippen LogP contribution in [-0.2, 0) is 44.6 Å². The molecule has 13 atom stereocenters. The van der Waals surface area contributed by atoms with E-state index in [1.54, 1.807) is 54.1 Å². The largest absolute Gasteiger partial charge is 0.458 e. The quantitative estimate of drug-likeness (QED) is 0.210. The first kappa shape index (κ1) is 43.1. The molecule has 5 heterocycles. The number of rotatable bonds is 9. The van der Waals surface area contributed by atoms with Crippen LogP contribution in [-0.4, -0.2) is 116 Å². The van der Waals surface area contributed by atoms with E-state index in [1.807, 2.05) is 48.0 Å². The lowest BCUT2D eigenvalue weighted by Gasteiger charge is -2.46. The van der Waals surface area contributed by atoms with Crippen molar-refractivity contribution in [1.82, 2.24) is 19.4 Å². The summed E-state index contributed by atoms with van der Waals surface area (Å²) in [6.45, 7) is 14.2. The van der Waals surface area contributed by atoms with E-state index < -0.39 is 89.4 Å². The van der Waals surface area contributed by atoms with Crippen LogP contribution in [0.5, 0.6) is 0 Å². The van der Waals surface area contributed by atoms with E-state index in [0.29, 0.717) is 13.0 Å². The molecule has 2 aromatic heterocycles. The second kappa shape index (κ2) is 17.6. The number of nitrogens with zero attached hydrogens (tertiary/aromatic N) is 4. The third-order valence-electron chi connectivity index (χ3n) is 11.9. The predicted molar refractivity (Wildman–Crippen MR) is 205 cm³/mol. The Morgan fingerprint density at radius 1 is 1.00 bits per heavy atom. The summed E-state index contributed by atoms with van der Waals surface area (Å²) in [5.74, 6) is -5.17. The van der Waals surface area contributed by atoms with Crippen molar-refractivity contribution in [3.8, 4) is 11.4 Å². The van der Waals surface area contributed by atoms with Gasteiger partial charge in [0.05, 0.1) is 35.9 Å². The van der Waals surface area contributed by atoms with Crippen LogP contribution in [0, 0.1) is 23.7 Å². The molecule has 2 aromatic rings. The van der Waals surface area contributed by atoms with Gasteiger partial charge in [0.2, 0.25) is 0 Å². The summed E-state index contributed by atoms with van der Waals surface area (Å²) >= 11 is 0. The van der Waals surface area contributed by atoms with Gasteiger partial charge in [-0.15, -0.1) is 0 Å². The monoisotopic (exact) mass is 781 g/mol. The number of ketones is 2. The number of ether oxygens (including phenoxy) is 5. The number of imidazole rings is 1. The van der Waals surface area contributed by atoms with Gasteiger partial charge in [-0.3, -0.25) is 24.3 Å². The van der Waals surface area contributed by atoms with Crippen molar-refractivity contribution in [3.63, 3.8) is 0 Å². The second-order valence-corrected chi connectivity index (χ2v) is 16.1. The number of pyridine rings is 1. The molecule has 15 nitrogen and oxygen atoms in total. The Balaban J connectivity index is 1.46. The van der Waals surface area contributed by atoms with E-state index in [2.05, 4.69) is 9.97 Å². The lowest BCUT2D eigenvalue weighted by atomic mass is 9.73. The van der Waals surface area contributed by atoms with Gasteiger partial charge in [0, 0.05) is 56.4 Å². The highest BCUT2D eigenvalue weighted by atomic mass is 16.7. The zero-order valence-corrected chi connectivity index (χ0v) is 34.0. The second-order valence-electron chi connectivity index (χ2n) is 16.1. The van der Waals surface area contributed by atoms with E-state index in [-0.39, 0.29) is 31.3 Å². The molecule has 0 radical (unpaired) electrons. The van der Waals surface area contributed by atoms with Crippen LogP contribution >= 0.6 is 0 Å². The van der Waals surface area contributed by atoms with Gasteiger partial charge in [0.25, 0.3) is 0 Å². The van der Waals surface area contributed by atoms with Crippen molar-refractivity contribution < 1.29 is 48.0 Å². The summed E-state index contributed by atoms with van der Waals surface area (Å²) in [5.41, 5.74) is 4.96. The maximum absolute atomic E-state index is 14.6. The highest BCUT2D eigenvalue weighted by Gasteiger charge is 2.60. The summed E-state index contributed by atoms with van der Waals surface area (Å²) in [4.78, 5) is 66.7. The first-order valence-electron chi connectivity index (χ1n) is 19.6. The topological polar surface area (TPSA) is 195 Å². The average molecular weight is 782 g/mol. The molecular formula is C41H59N5O10. The number of aliphatic hydroxyl groups excluding tert-OH is 1. The summed E-state index contributed by atoms with van der Waals surface area (Å²) < 4.78 is 32.6. The third kappa shape index (κ3) is 8.76. The van der Waals surface area contributed by atoms with E-state index >= 15 is 0 Å². The number of hydrogen-bond acceptors (Lipinski definition) is 13. The Morgan fingerprint density at radius 3 is 2.38 bits per heavy atom. The van der Waals surface area contributed by atoms with Crippen molar-refractivity contribution >= 4 is 23.6 Å². The van der Waals surface area contributed by atoms with Gasteiger partial charge in [-0.1, -0.05) is 45.9 Å². The predicted octanol–water partition coefficient (Wildman–Crippen LogP) is 4.10. The van der Waals surface area contributed by atoms with Gasteiger partial charge in [-0.05, 0) is 59.1 Å². The van der Waals surface area contributed by atoms with Gasteiger partial charge in [-0.25, -0.2) is 9.78 Å². The van der Waals surface area contributed by atoms with E-state index in [4.69, 9.17) is 29.4 Å². The summed E-state index contributed by atoms with van der Waals surface area (Å²) in [6, 6.07) is 4.13.